The quantitative estimate of drug-likeness (QED) is 0.742. The average Bonchev–Trinajstić information content (AvgIpc) is 2.78. The Hall–Kier alpha value is -3.50. The number of carbonyl (C=O) groups is 2. The summed E-state index contributed by atoms with van der Waals surface area (Å²) in [6, 6.07) is 6.56. The Bertz CT molecular complexity index is 958. The van der Waals surface area contributed by atoms with E-state index in [1.54, 1.807) is 23.1 Å². The number of hydrogen-bond acceptors (Lipinski definition) is 5. The van der Waals surface area contributed by atoms with E-state index >= 15 is 0 Å². The molecule has 1 fully saturated rings. The van der Waals surface area contributed by atoms with Crippen molar-refractivity contribution >= 4 is 23.5 Å². The second-order valence-electron chi connectivity index (χ2n) is 7.33. The number of urea groups is 1. The normalized spacial score (nSPS) is 14.2. The number of rotatable bonds is 4. The van der Waals surface area contributed by atoms with E-state index in [-0.39, 0.29) is 6.54 Å². The number of nitrogens with zero attached hydrogens (tertiary/aromatic N) is 3. The first-order valence-electron chi connectivity index (χ1n) is 9.92. The lowest BCUT2D eigenvalue weighted by Gasteiger charge is -2.35. The highest BCUT2D eigenvalue weighted by molar-refractivity contribution is 5.89. The van der Waals surface area contributed by atoms with Gasteiger partial charge in [0.15, 0.2) is 0 Å². The fraction of sp³-hybridized carbons (Fsp3) is 0.381. The van der Waals surface area contributed by atoms with Crippen LogP contribution in [0, 0.1) is 6.92 Å². The number of aryl methyl sites for hydroxylation is 1. The summed E-state index contributed by atoms with van der Waals surface area (Å²) in [5.41, 5.74) is 1.15. The lowest BCUT2D eigenvalue weighted by atomic mass is 10.1. The molecular formula is C21H24F3N5O3. The molecule has 11 heteroatoms. The molecule has 2 N–H and O–H groups in total. The van der Waals surface area contributed by atoms with E-state index in [0.717, 1.165) is 17.8 Å². The topological polar surface area (TPSA) is 86.8 Å². The number of methoxy groups -OCH3 is 1. The van der Waals surface area contributed by atoms with Crippen LogP contribution in [0.25, 0.3) is 0 Å². The third kappa shape index (κ3) is 6.02. The van der Waals surface area contributed by atoms with Crippen molar-refractivity contribution in [2.75, 3.05) is 43.5 Å². The Labute approximate surface area is 183 Å². The van der Waals surface area contributed by atoms with E-state index in [9.17, 15) is 22.8 Å². The minimum atomic E-state index is -4.53. The first-order valence-corrected chi connectivity index (χ1v) is 9.92. The smallest absolute Gasteiger partial charge is 0.416 e. The molecule has 0 aliphatic carbocycles. The monoisotopic (exact) mass is 451 g/mol. The van der Waals surface area contributed by atoms with Gasteiger partial charge in [0.2, 0.25) is 0 Å². The second-order valence-corrected chi connectivity index (χ2v) is 7.33. The summed E-state index contributed by atoms with van der Waals surface area (Å²) < 4.78 is 45.0. The van der Waals surface area contributed by atoms with E-state index in [4.69, 9.17) is 0 Å². The molecule has 0 atom stereocenters. The van der Waals surface area contributed by atoms with Gasteiger partial charge in [0.05, 0.1) is 24.6 Å². The van der Waals surface area contributed by atoms with E-state index < -0.39 is 23.9 Å². The van der Waals surface area contributed by atoms with Gasteiger partial charge in [-0.1, -0.05) is 0 Å². The van der Waals surface area contributed by atoms with Crippen molar-refractivity contribution in [2.24, 2.45) is 0 Å². The number of hydrogen-bond donors (Lipinski definition) is 2. The molecule has 1 saturated heterocycles. The lowest BCUT2D eigenvalue weighted by Crippen LogP contribution is -2.48. The van der Waals surface area contributed by atoms with Gasteiger partial charge in [0.25, 0.3) is 0 Å². The summed E-state index contributed by atoms with van der Waals surface area (Å²) in [7, 11) is 1.28. The van der Waals surface area contributed by atoms with Gasteiger partial charge in [0.1, 0.15) is 0 Å². The van der Waals surface area contributed by atoms with Crippen molar-refractivity contribution in [1.82, 2.24) is 15.2 Å². The minimum Gasteiger partial charge on any atom is -0.453 e. The van der Waals surface area contributed by atoms with E-state index in [0.29, 0.717) is 43.1 Å². The molecule has 8 nitrogen and oxygen atoms in total. The number of anilines is 2. The molecule has 3 amide bonds. The van der Waals surface area contributed by atoms with Crippen molar-refractivity contribution in [3.63, 3.8) is 0 Å². The molecule has 1 aliphatic heterocycles. The first-order chi connectivity index (χ1) is 15.2. The van der Waals surface area contributed by atoms with Crippen molar-refractivity contribution in [1.29, 1.82) is 0 Å². The Balaban J connectivity index is 1.69. The van der Waals surface area contributed by atoms with Crippen LogP contribution >= 0.6 is 0 Å². The van der Waals surface area contributed by atoms with Crippen molar-refractivity contribution in [2.45, 2.75) is 19.6 Å². The molecule has 0 saturated carbocycles. The van der Waals surface area contributed by atoms with Crippen LogP contribution in [0.5, 0.6) is 0 Å². The van der Waals surface area contributed by atoms with E-state index in [2.05, 4.69) is 20.4 Å². The summed E-state index contributed by atoms with van der Waals surface area (Å²) in [4.78, 5) is 31.1. The predicted octanol–water partition coefficient (Wildman–Crippen LogP) is 3.62. The molecule has 1 aromatic carbocycles. The highest BCUT2D eigenvalue weighted by Crippen LogP contribution is 2.33. The number of aromatic nitrogens is 1. The summed E-state index contributed by atoms with van der Waals surface area (Å²) in [6.07, 6.45) is -3.51. The zero-order chi connectivity index (χ0) is 23.3. The van der Waals surface area contributed by atoms with Crippen molar-refractivity contribution in [3.8, 4) is 0 Å². The van der Waals surface area contributed by atoms with E-state index in [1.165, 1.54) is 18.2 Å². The fourth-order valence-corrected chi connectivity index (χ4v) is 3.30. The van der Waals surface area contributed by atoms with Gasteiger partial charge in [-0.15, -0.1) is 0 Å². The Kier molecular flexibility index (Phi) is 7.06. The Morgan fingerprint density at radius 1 is 1.12 bits per heavy atom. The number of benzene rings is 1. The fourth-order valence-electron chi connectivity index (χ4n) is 3.30. The number of pyridine rings is 1. The van der Waals surface area contributed by atoms with Gasteiger partial charge in [-0.05, 0) is 42.8 Å². The number of nitrogens with one attached hydrogen (secondary N) is 2. The average molecular weight is 451 g/mol. The number of ether oxygens (including phenoxy) is 1. The maximum atomic E-state index is 13.5. The van der Waals surface area contributed by atoms with Gasteiger partial charge in [-0.3, -0.25) is 4.98 Å². The van der Waals surface area contributed by atoms with Crippen LogP contribution in [0.1, 0.15) is 16.8 Å². The SMILES string of the molecule is COC(=O)N1CCN(c2cc(CNC(=O)Nc3ccc(C)nc3)cc(C(F)(F)F)c2)CC1. The number of carbonyl (C=O) groups excluding carboxylic acids is 2. The molecule has 1 aliphatic rings. The Morgan fingerprint density at radius 2 is 1.84 bits per heavy atom. The van der Waals surface area contributed by atoms with Gasteiger partial charge in [0, 0.05) is 44.1 Å². The second kappa shape index (κ2) is 9.75. The third-order valence-electron chi connectivity index (χ3n) is 5.00. The summed E-state index contributed by atoms with van der Waals surface area (Å²) >= 11 is 0. The standard InChI is InChI=1S/C21H24F3N5O3/c1-14-3-4-17(13-25-14)27-19(30)26-12-15-9-16(21(22,23)24)11-18(10-15)28-5-7-29(8-6-28)20(31)32-2/h3-4,9-11,13H,5-8,12H2,1-2H3,(H2,26,27,30). The molecule has 2 aromatic rings. The summed E-state index contributed by atoms with van der Waals surface area (Å²) in [5.74, 6) is 0. The minimum absolute atomic E-state index is 0.0931. The zero-order valence-electron chi connectivity index (χ0n) is 17.7. The molecule has 0 unspecified atom stereocenters. The lowest BCUT2D eigenvalue weighted by molar-refractivity contribution is -0.137. The Morgan fingerprint density at radius 3 is 2.44 bits per heavy atom. The number of alkyl halides is 3. The van der Waals surface area contributed by atoms with Crippen LogP contribution in [0.2, 0.25) is 0 Å². The van der Waals surface area contributed by atoms with Gasteiger partial charge in [-0.2, -0.15) is 13.2 Å². The maximum absolute atomic E-state index is 13.5. The van der Waals surface area contributed by atoms with Crippen LogP contribution in [0.15, 0.2) is 36.5 Å². The van der Waals surface area contributed by atoms with Crippen LogP contribution in [0.4, 0.5) is 34.1 Å². The maximum Gasteiger partial charge on any atom is 0.416 e. The highest BCUT2D eigenvalue weighted by Gasteiger charge is 2.32. The first kappa shape index (κ1) is 23.2. The van der Waals surface area contributed by atoms with Crippen LogP contribution in [-0.2, 0) is 17.5 Å². The van der Waals surface area contributed by atoms with Crippen LogP contribution in [0.3, 0.4) is 0 Å². The van der Waals surface area contributed by atoms with Gasteiger partial charge >= 0.3 is 18.3 Å². The highest BCUT2D eigenvalue weighted by atomic mass is 19.4. The summed E-state index contributed by atoms with van der Waals surface area (Å²) in [5, 5.41) is 5.16. The molecular weight excluding hydrogens is 427 g/mol. The molecule has 2 heterocycles. The number of piperazine rings is 1. The summed E-state index contributed by atoms with van der Waals surface area (Å²) in [6.45, 7) is 3.12. The third-order valence-corrected chi connectivity index (χ3v) is 5.00. The number of halogens is 3. The predicted molar refractivity (Wildman–Crippen MR) is 112 cm³/mol. The van der Waals surface area contributed by atoms with Crippen LogP contribution < -0.4 is 15.5 Å². The molecule has 0 spiro atoms. The zero-order valence-corrected chi connectivity index (χ0v) is 17.7. The molecule has 0 radical (unpaired) electrons. The molecule has 1 aromatic heterocycles. The number of amides is 3. The molecule has 3 rings (SSSR count). The molecule has 32 heavy (non-hydrogen) atoms. The van der Waals surface area contributed by atoms with Crippen molar-refractivity contribution in [3.05, 3.63) is 53.3 Å². The van der Waals surface area contributed by atoms with E-state index in [1.807, 2.05) is 6.92 Å². The van der Waals surface area contributed by atoms with Gasteiger partial charge in [-0.25, -0.2) is 9.59 Å². The molecule has 172 valence electrons. The van der Waals surface area contributed by atoms with Crippen molar-refractivity contribution < 1.29 is 27.5 Å². The largest absolute Gasteiger partial charge is 0.453 e. The van der Waals surface area contributed by atoms with Crippen LogP contribution in [-0.4, -0.2) is 55.3 Å². The van der Waals surface area contributed by atoms with Gasteiger partial charge < -0.3 is 25.2 Å². The molecule has 0 bridgehead atoms.